The Morgan fingerprint density at radius 3 is 0.731 bits per heavy atom. The minimum absolute atomic E-state index is 0.0622. The lowest BCUT2D eigenvalue weighted by Gasteiger charge is -2.18. The molecule has 0 amide bonds. The van der Waals surface area contributed by atoms with Crippen LogP contribution in [0.2, 0.25) is 0 Å². The number of carbonyl (C=O) groups excluding carboxylic acids is 3. The first-order chi connectivity index (χ1) is 32.9. The lowest BCUT2D eigenvalue weighted by Crippen LogP contribution is -2.30. The second-order valence-corrected chi connectivity index (χ2v) is 21.5. The molecule has 0 fully saturated rings. The third-order valence-electron chi connectivity index (χ3n) is 14.0. The number of hydrogen-bond donors (Lipinski definition) is 0. The van der Waals surface area contributed by atoms with E-state index >= 15 is 0 Å². The van der Waals surface area contributed by atoms with Crippen LogP contribution in [-0.2, 0) is 28.6 Å². The highest BCUT2D eigenvalue weighted by Crippen LogP contribution is 2.18. The Bertz CT molecular complexity index is 1010. The minimum atomic E-state index is -0.762. The number of ether oxygens (including phenoxy) is 3. The number of esters is 3. The molecule has 0 unspecified atom stereocenters. The van der Waals surface area contributed by atoms with Crippen LogP contribution >= 0.6 is 0 Å². The van der Waals surface area contributed by atoms with Crippen LogP contribution in [0.4, 0.5) is 0 Å². The van der Waals surface area contributed by atoms with E-state index in [0.717, 1.165) is 63.7 Å². The minimum Gasteiger partial charge on any atom is -0.462 e. The Labute approximate surface area is 418 Å². The summed E-state index contributed by atoms with van der Waals surface area (Å²) in [5.41, 5.74) is 0. The van der Waals surface area contributed by atoms with Gasteiger partial charge in [-0.15, -0.1) is 0 Å². The average molecular weight is 948 g/mol. The first-order valence-corrected chi connectivity index (χ1v) is 30.4. The van der Waals surface area contributed by atoms with Crippen LogP contribution in [0.5, 0.6) is 0 Å². The molecular weight excluding hydrogens is 829 g/mol. The number of carbonyl (C=O) groups is 3. The first kappa shape index (κ1) is 65.4. The lowest BCUT2D eigenvalue weighted by atomic mass is 10.0. The zero-order valence-corrected chi connectivity index (χ0v) is 45.9. The summed E-state index contributed by atoms with van der Waals surface area (Å²) in [6.07, 6.45) is 61.1. The van der Waals surface area contributed by atoms with E-state index in [-0.39, 0.29) is 31.1 Å². The van der Waals surface area contributed by atoms with Crippen molar-refractivity contribution >= 4 is 17.9 Å². The van der Waals surface area contributed by atoms with E-state index < -0.39 is 6.10 Å². The van der Waals surface area contributed by atoms with Crippen molar-refractivity contribution in [3.63, 3.8) is 0 Å². The average Bonchev–Trinajstić information content (AvgIpc) is 3.31. The number of rotatable bonds is 56. The van der Waals surface area contributed by atoms with E-state index in [4.69, 9.17) is 14.2 Å². The van der Waals surface area contributed by atoms with Gasteiger partial charge in [0.05, 0.1) is 0 Å². The largest absolute Gasteiger partial charge is 0.462 e. The van der Waals surface area contributed by atoms with E-state index in [9.17, 15) is 14.4 Å². The van der Waals surface area contributed by atoms with Crippen LogP contribution in [0.25, 0.3) is 0 Å². The monoisotopic (exact) mass is 947 g/mol. The predicted molar refractivity (Wildman–Crippen MR) is 289 cm³/mol. The summed E-state index contributed by atoms with van der Waals surface area (Å²) in [6.45, 7) is 9.05. The van der Waals surface area contributed by atoms with Gasteiger partial charge in [-0.25, -0.2) is 0 Å². The molecule has 0 saturated carbocycles. The topological polar surface area (TPSA) is 78.9 Å². The second-order valence-electron chi connectivity index (χ2n) is 21.5. The number of hydrogen-bond acceptors (Lipinski definition) is 6. The zero-order chi connectivity index (χ0) is 48.8. The van der Waals surface area contributed by atoms with Gasteiger partial charge >= 0.3 is 17.9 Å². The molecule has 398 valence electrons. The summed E-state index contributed by atoms with van der Waals surface area (Å²) in [5, 5.41) is 0. The van der Waals surface area contributed by atoms with Crippen LogP contribution in [0, 0.1) is 5.92 Å². The van der Waals surface area contributed by atoms with Gasteiger partial charge in [0.2, 0.25) is 0 Å². The highest BCUT2D eigenvalue weighted by Gasteiger charge is 2.19. The van der Waals surface area contributed by atoms with Crippen LogP contribution in [0.1, 0.15) is 349 Å². The van der Waals surface area contributed by atoms with E-state index in [2.05, 4.69) is 27.7 Å². The molecule has 0 aromatic carbocycles. The van der Waals surface area contributed by atoms with Crippen molar-refractivity contribution < 1.29 is 28.6 Å². The molecule has 0 radical (unpaired) electrons. The fourth-order valence-electron chi connectivity index (χ4n) is 9.46. The van der Waals surface area contributed by atoms with E-state index in [1.54, 1.807) is 0 Å². The summed E-state index contributed by atoms with van der Waals surface area (Å²) >= 11 is 0. The molecule has 0 rings (SSSR count). The van der Waals surface area contributed by atoms with Crippen LogP contribution in [0.3, 0.4) is 0 Å². The molecule has 0 aliphatic heterocycles. The van der Waals surface area contributed by atoms with Crippen molar-refractivity contribution in [2.45, 2.75) is 355 Å². The van der Waals surface area contributed by atoms with Crippen LogP contribution in [-0.4, -0.2) is 37.2 Å². The molecule has 67 heavy (non-hydrogen) atoms. The fraction of sp³-hybridized carbons (Fsp3) is 0.951. The predicted octanol–water partition coefficient (Wildman–Crippen LogP) is 20.2. The summed E-state index contributed by atoms with van der Waals surface area (Å²) in [5.74, 6) is -0.0289. The Kier molecular flexibility index (Phi) is 54.0. The Morgan fingerprint density at radius 1 is 0.284 bits per heavy atom. The smallest absolute Gasteiger partial charge is 0.306 e. The maximum atomic E-state index is 12.8. The standard InChI is InChI=1S/C61H118O6/c1-5-7-9-11-13-15-17-19-21-23-25-27-29-31-33-37-41-45-49-53-60(63)66-56-58(67-61(64)54-50-46-42-38-34-35-39-43-47-51-57(3)4)55-65-59(62)52-48-44-40-36-32-30-28-26-24-22-20-18-16-14-12-10-8-6-2/h57-58H,5-56H2,1-4H3/t58-/m0/s1. The van der Waals surface area contributed by atoms with Crippen molar-refractivity contribution in [1.29, 1.82) is 0 Å². The molecule has 0 saturated heterocycles. The van der Waals surface area contributed by atoms with Gasteiger partial charge in [-0.05, 0) is 25.2 Å². The van der Waals surface area contributed by atoms with Gasteiger partial charge in [-0.3, -0.25) is 14.4 Å². The fourth-order valence-corrected chi connectivity index (χ4v) is 9.46. The molecule has 6 nitrogen and oxygen atoms in total. The Hall–Kier alpha value is -1.59. The summed E-state index contributed by atoms with van der Waals surface area (Å²) < 4.78 is 16.9. The molecule has 0 spiro atoms. The van der Waals surface area contributed by atoms with E-state index in [1.807, 2.05) is 0 Å². The molecule has 0 aromatic heterocycles. The molecule has 0 aliphatic carbocycles. The third-order valence-corrected chi connectivity index (χ3v) is 14.0. The third kappa shape index (κ3) is 55.2. The summed E-state index contributed by atoms with van der Waals surface area (Å²) in [4.78, 5) is 38.2. The van der Waals surface area contributed by atoms with Crippen molar-refractivity contribution in [3.8, 4) is 0 Å². The highest BCUT2D eigenvalue weighted by molar-refractivity contribution is 5.71. The quantitative estimate of drug-likeness (QED) is 0.0343. The number of unbranched alkanes of at least 4 members (excludes halogenated alkanes) is 43. The van der Waals surface area contributed by atoms with Crippen molar-refractivity contribution in [3.05, 3.63) is 0 Å². The van der Waals surface area contributed by atoms with Gasteiger partial charge in [-0.2, -0.15) is 0 Å². The SMILES string of the molecule is CCCCCCCCCCCCCCCCCCCCCC(=O)OC[C@H](COC(=O)CCCCCCCCCCCCCCCCCCCC)OC(=O)CCCCCCCCCCCC(C)C. The van der Waals surface area contributed by atoms with Gasteiger partial charge in [0.1, 0.15) is 13.2 Å². The van der Waals surface area contributed by atoms with Gasteiger partial charge in [0, 0.05) is 19.3 Å². The van der Waals surface area contributed by atoms with Gasteiger partial charge in [0.15, 0.2) is 6.10 Å². The lowest BCUT2D eigenvalue weighted by molar-refractivity contribution is -0.167. The molecular formula is C61H118O6. The zero-order valence-electron chi connectivity index (χ0n) is 45.9. The van der Waals surface area contributed by atoms with Crippen LogP contribution < -0.4 is 0 Å². The van der Waals surface area contributed by atoms with E-state index in [0.29, 0.717) is 19.3 Å². The van der Waals surface area contributed by atoms with Gasteiger partial charge < -0.3 is 14.2 Å². The normalized spacial score (nSPS) is 12.0. The molecule has 0 bridgehead atoms. The van der Waals surface area contributed by atoms with Crippen molar-refractivity contribution in [1.82, 2.24) is 0 Å². The van der Waals surface area contributed by atoms with Gasteiger partial charge in [-0.1, -0.05) is 310 Å². The summed E-state index contributed by atoms with van der Waals surface area (Å²) in [6, 6.07) is 0. The summed E-state index contributed by atoms with van der Waals surface area (Å²) in [7, 11) is 0. The van der Waals surface area contributed by atoms with Gasteiger partial charge in [0.25, 0.3) is 0 Å². The second kappa shape index (κ2) is 55.3. The highest BCUT2D eigenvalue weighted by atomic mass is 16.6. The molecule has 0 heterocycles. The Morgan fingerprint density at radius 2 is 0.493 bits per heavy atom. The molecule has 1 atom stereocenters. The van der Waals surface area contributed by atoms with Crippen LogP contribution in [0.15, 0.2) is 0 Å². The van der Waals surface area contributed by atoms with Crippen molar-refractivity contribution in [2.24, 2.45) is 5.92 Å². The first-order valence-electron chi connectivity index (χ1n) is 30.4. The Balaban J connectivity index is 4.23. The molecule has 0 aromatic rings. The van der Waals surface area contributed by atoms with Crippen molar-refractivity contribution in [2.75, 3.05) is 13.2 Å². The maximum absolute atomic E-state index is 12.8. The molecule has 0 aliphatic rings. The van der Waals surface area contributed by atoms with E-state index in [1.165, 1.54) is 244 Å². The molecule has 6 heteroatoms. The maximum Gasteiger partial charge on any atom is 0.306 e. The molecule has 0 N–H and O–H groups in total.